The van der Waals surface area contributed by atoms with Crippen LogP contribution in [0.25, 0.3) is 11.3 Å². The molecule has 0 saturated heterocycles. The number of pyridine rings is 1. The molecule has 0 bridgehead atoms. The van der Waals surface area contributed by atoms with Gasteiger partial charge in [0.15, 0.2) is 0 Å². The Labute approximate surface area is 203 Å². The van der Waals surface area contributed by atoms with Crippen LogP contribution in [0.2, 0.25) is 0 Å². The number of rotatable bonds is 5. The van der Waals surface area contributed by atoms with Crippen LogP contribution < -0.4 is 21.2 Å². The maximum absolute atomic E-state index is 4.57. The van der Waals surface area contributed by atoms with Gasteiger partial charge in [0.2, 0.25) is 0 Å². The fourth-order valence-corrected chi connectivity index (χ4v) is 8.45. The molecule has 0 atom stereocenters. The molecule has 1 aromatic heterocycles. The monoisotopic (exact) mass is 608 g/mol. The zero-order valence-electron chi connectivity index (χ0n) is 17.4. The predicted octanol–water partition coefficient (Wildman–Crippen LogP) is 5.17. The summed E-state index contributed by atoms with van der Waals surface area (Å²) in [6.45, 7) is 0. The minimum absolute atomic E-state index is 0. The predicted molar refractivity (Wildman–Crippen MR) is 133 cm³/mol. The SMILES string of the molecule is [Ir].[c-]1ccc([P+](c2ccccc2)(c2ccccc2)c2ccccc2)cc1-c1ccccn1. The second kappa shape index (κ2) is 10.2. The Morgan fingerprint density at radius 3 is 1.50 bits per heavy atom. The largest absolute Gasteiger partial charge is 0.305 e. The van der Waals surface area contributed by atoms with Gasteiger partial charge in [-0.25, -0.2) is 0 Å². The number of benzene rings is 4. The van der Waals surface area contributed by atoms with Crippen LogP contribution in [0.1, 0.15) is 0 Å². The summed E-state index contributed by atoms with van der Waals surface area (Å²) < 4.78 is 0. The molecule has 0 N–H and O–H groups in total. The molecule has 3 heteroatoms. The minimum atomic E-state index is -2.10. The molecule has 1 heterocycles. The van der Waals surface area contributed by atoms with E-state index in [-0.39, 0.29) is 20.1 Å². The van der Waals surface area contributed by atoms with Crippen LogP contribution in [0, 0.1) is 6.07 Å². The molecule has 4 aromatic carbocycles. The van der Waals surface area contributed by atoms with Gasteiger partial charge in [0, 0.05) is 31.6 Å². The van der Waals surface area contributed by atoms with E-state index in [0.717, 1.165) is 11.3 Å². The first-order valence-corrected chi connectivity index (χ1v) is 12.2. The number of hydrogen-bond acceptors (Lipinski definition) is 1. The number of nitrogens with zero attached hydrogens (tertiary/aromatic N) is 1. The summed E-state index contributed by atoms with van der Waals surface area (Å²) >= 11 is 0. The van der Waals surface area contributed by atoms with Crippen molar-refractivity contribution in [3.8, 4) is 11.3 Å². The molecule has 32 heavy (non-hydrogen) atoms. The van der Waals surface area contributed by atoms with Gasteiger partial charge in [-0.3, -0.25) is 0 Å². The normalized spacial score (nSPS) is 10.9. The van der Waals surface area contributed by atoms with Gasteiger partial charge in [0.1, 0.15) is 23.2 Å². The van der Waals surface area contributed by atoms with E-state index in [9.17, 15) is 0 Å². The van der Waals surface area contributed by atoms with E-state index in [1.165, 1.54) is 21.2 Å². The second-order valence-electron chi connectivity index (χ2n) is 7.35. The average molecular weight is 608 g/mol. The van der Waals surface area contributed by atoms with E-state index in [4.69, 9.17) is 0 Å². The van der Waals surface area contributed by atoms with Crippen molar-refractivity contribution in [2.45, 2.75) is 0 Å². The van der Waals surface area contributed by atoms with Crippen LogP contribution in [0.15, 0.2) is 134 Å². The first-order chi connectivity index (χ1) is 15.4. The standard InChI is InChI=1S/C29H22NP.Ir/c1-4-14-25(15-5-1)31(26-16-6-2-7-17-26,27-18-8-3-9-19-27)28-20-12-13-24(23-28)29-21-10-11-22-30-29;/h1-12,14-23H;. The fraction of sp³-hybridized carbons (Fsp3) is 0. The molecule has 5 aromatic rings. The molecule has 0 saturated carbocycles. The summed E-state index contributed by atoms with van der Waals surface area (Å²) in [6, 6.07) is 48.7. The summed E-state index contributed by atoms with van der Waals surface area (Å²) in [5.41, 5.74) is 1.96. The zero-order valence-corrected chi connectivity index (χ0v) is 20.7. The molecule has 0 aliphatic carbocycles. The van der Waals surface area contributed by atoms with Gasteiger partial charge in [0.25, 0.3) is 0 Å². The van der Waals surface area contributed by atoms with Gasteiger partial charge in [-0.05, 0) is 48.2 Å². The van der Waals surface area contributed by atoms with E-state index in [2.05, 4.69) is 114 Å². The van der Waals surface area contributed by atoms with E-state index in [0.29, 0.717) is 0 Å². The maximum Gasteiger partial charge on any atom is 0.125 e. The van der Waals surface area contributed by atoms with E-state index < -0.39 is 7.26 Å². The molecule has 0 fully saturated rings. The van der Waals surface area contributed by atoms with Crippen LogP contribution in [0.5, 0.6) is 0 Å². The third-order valence-corrected chi connectivity index (χ3v) is 9.81. The Kier molecular flexibility index (Phi) is 7.08. The first kappa shape index (κ1) is 22.3. The van der Waals surface area contributed by atoms with Gasteiger partial charge in [-0.15, -0.1) is 17.7 Å². The van der Waals surface area contributed by atoms with Crippen molar-refractivity contribution in [3.63, 3.8) is 0 Å². The molecule has 157 valence electrons. The summed E-state index contributed by atoms with van der Waals surface area (Å²) in [5.74, 6) is 0. The van der Waals surface area contributed by atoms with Gasteiger partial charge in [-0.1, -0.05) is 78.9 Å². The molecule has 1 nitrogen and oxygen atoms in total. The van der Waals surface area contributed by atoms with E-state index in [1.807, 2.05) is 30.5 Å². The number of hydrogen-bond donors (Lipinski definition) is 0. The van der Waals surface area contributed by atoms with Gasteiger partial charge >= 0.3 is 0 Å². The molecule has 0 spiro atoms. The first-order valence-electron chi connectivity index (χ1n) is 10.4. The van der Waals surface area contributed by atoms with Crippen molar-refractivity contribution >= 4 is 28.5 Å². The summed E-state index contributed by atoms with van der Waals surface area (Å²) in [7, 11) is -2.10. The Morgan fingerprint density at radius 2 is 1.03 bits per heavy atom. The van der Waals surface area contributed by atoms with E-state index in [1.54, 1.807) is 0 Å². The third kappa shape index (κ3) is 4.10. The molecular formula is C29H22IrNP. The second-order valence-corrected chi connectivity index (χ2v) is 10.8. The Bertz CT molecular complexity index is 1160. The van der Waals surface area contributed by atoms with Crippen LogP contribution >= 0.6 is 7.26 Å². The maximum atomic E-state index is 4.57. The Morgan fingerprint density at radius 1 is 0.531 bits per heavy atom. The Hall–Kier alpha value is -2.89. The Balaban J connectivity index is 0.00000245. The molecular weight excluding hydrogens is 586 g/mol. The fourth-order valence-electron chi connectivity index (χ4n) is 4.18. The molecule has 0 amide bonds. The van der Waals surface area contributed by atoms with Crippen LogP contribution in [0.4, 0.5) is 0 Å². The van der Waals surface area contributed by atoms with Crippen molar-refractivity contribution in [1.82, 2.24) is 4.98 Å². The van der Waals surface area contributed by atoms with Crippen molar-refractivity contribution < 1.29 is 20.1 Å². The summed E-state index contributed by atoms with van der Waals surface area (Å²) in [4.78, 5) is 4.57. The summed E-state index contributed by atoms with van der Waals surface area (Å²) in [5, 5.41) is 5.32. The van der Waals surface area contributed by atoms with Gasteiger partial charge < -0.3 is 4.98 Å². The van der Waals surface area contributed by atoms with Crippen molar-refractivity contribution in [1.29, 1.82) is 0 Å². The topological polar surface area (TPSA) is 12.9 Å². The third-order valence-electron chi connectivity index (χ3n) is 5.54. The molecule has 0 aliphatic heterocycles. The van der Waals surface area contributed by atoms with Crippen molar-refractivity contribution in [2.75, 3.05) is 0 Å². The molecule has 5 rings (SSSR count). The van der Waals surface area contributed by atoms with Gasteiger partial charge in [0.05, 0.1) is 0 Å². The van der Waals surface area contributed by atoms with Crippen LogP contribution in [-0.2, 0) is 20.1 Å². The van der Waals surface area contributed by atoms with E-state index >= 15 is 0 Å². The zero-order chi connectivity index (χ0) is 20.9. The average Bonchev–Trinajstić information content (AvgIpc) is 2.87. The minimum Gasteiger partial charge on any atom is -0.305 e. The van der Waals surface area contributed by atoms with Crippen molar-refractivity contribution in [3.05, 3.63) is 140 Å². The smallest absolute Gasteiger partial charge is 0.125 e. The van der Waals surface area contributed by atoms with Crippen LogP contribution in [-0.4, -0.2) is 4.98 Å². The summed E-state index contributed by atoms with van der Waals surface area (Å²) in [6.07, 6.45) is 1.84. The molecule has 0 aliphatic rings. The van der Waals surface area contributed by atoms with Crippen molar-refractivity contribution in [2.24, 2.45) is 0 Å². The molecule has 0 unspecified atom stereocenters. The molecule has 1 radical (unpaired) electrons. The number of aromatic nitrogens is 1. The van der Waals surface area contributed by atoms with Crippen LogP contribution in [0.3, 0.4) is 0 Å². The van der Waals surface area contributed by atoms with Gasteiger partial charge in [-0.2, -0.15) is 0 Å². The quantitative estimate of drug-likeness (QED) is 0.199.